The SMILES string of the molecule is CCOc1ccc(N2C[C@H](C(=O)N/N=C\c3ccc(Cl)cc3Cl)CC2=O)cc1. The summed E-state index contributed by atoms with van der Waals surface area (Å²) in [5, 5.41) is 4.89. The molecule has 1 saturated heterocycles. The fraction of sp³-hybridized carbons (Fsp3) is 0.250. The first kappa shape index (κ1) is 20.2. The van der Waals surface area contributed by atoms with Crippen LogP contribution in [-0.2, 0) is 9.59 Å². The number of amides is 2. The van der Waals surface area contributed by atoms with Crippen LogP contribution in [0.2, 0.25) is 10.0 Å². The molecule has 6 nitrogen and oxygen atoms in total. The van der Waals surface area contributed by atoms with Crippen LogP contribution in [-0.4, -0.2) is 31.2 Å². The number of anilines is 1. The topological polar surface area (TPSA) is 71.0 Å². The van der Waals surface area contributed by atoms with Crippen molar-refractivity contribution < 1.29 is 14.3 Å². The quantitative estimate of drug-likeness (QED) is 0.569. The van der Waals surface area contributed by atoms with Gasteiger partial charge in [-0.25, -0.2) is 5.43 Å². The van der Waals surface area contributed by atoms with Gasteiger partial charge in [0.25, 0.3) is 0 Å². The lowest BCUT2D eigenvalue weighted by Gasteiger charge is -2.17. The van der Waals surface area contributed by atoms with E-state index in [-0.39, 0.29) is 18.2 Å². The molecule has 2 aromatic carbocycles. The fourth-order valence-corrected chi connectivity index (χ4v) is 3.34. The Hall–Kier alpha value is -2.57. The Morgan fingerprint density at radius 2 is 2.04 bits per heavy atom. The van der Waals surface area contributed by atoms with Crippen LogP contribution in [0.25, 0.3) is 0 Å². The lowest BCUT2D eigenvalue weighted by Crippen LogP contribution is -2.30. The molecule has 0 aromatic heterocycles. The zero-order valence-electron chi connectivity index (χ0n) is 15.2. The third-order valence-electron chi connectivity index (χ3n) is 4.30. The maximum absolute atomic E-state index is 12.4. The van der Waals surface area contributed by atoms with Crippen LogP contribution in [0.5, 0.6) is 5.75 Å². The summed E-state index contributed by atoms with van der Waals surface area (Å²) in [5.41, 5.74) is 3.84. The molecule has 146 valence electrons. The third-order valence-corrected chi connectivity index (χ3v) is 4.86. The molecule has 0 saturated carbocycles. The van der Waals surface area contributed by atoms with Crippen LogP contribution in [0.3, 0.4) is 0 Å². The van der Waals surface area contributed by atoms with Gasteiger partial charge in [-0.3, -0.25) is 9.59 Å². The first-order chi connectivity index (χ1) is 13.5. The zero-order chi connectivity index (χ0) is 20.1. The van der Waals surface area contributed by atoms with Crippen LogP contribution >= 0.6 is 23.2 Å². The molecular formula is C20H19Cl2N3O3. The monoisotopic (exact) mass is 419 g/mol. The van der Waals surface area contributed by atoms with Gasteiger partial charge in [0.15, 0.2) is 0 Å². The van der Waals surface area contributed by atoms with Gasteiger partial charge in [-0.05, 0) is 43.3 Å². The number of halogens is 2. The molecular weight excluding hydrogens is 401 g/mol. The van der Waals surface area contributed by atoms with Crippen molar-refractivity contribution in [3.05, 3.63) is 58.1 Å². The number of hydrogen-bond acceptors (Lipinski definition) is 4. The normalized spacial score (nSPS) is 16.6. The van der Waals surface area contributed by atoms with Crippen LogP contribution in [0.15, 0.2) is 47.6 Å². The number of carbonyl (C=O) groups excluding carboxylic acids is 2. The van der Waals surface area contributed by atoms with Crippen molar-refractivity contribution >= 4 is 46.9 Å². The van der Waals surface area contributed by atoms with E-state index in [4.69, 9.17) is 27.9 Å². The Bertz CT molecular complexity index is 900. The van der Waals surface area contributed by atoms with E-state index in [1.54, 1.807) is 35.2 Å². The maximum Gasteiger partial charge on any atom is 0.245 e. The summed E-state index contributed by atoms with van der Waals surface area (Å²) < 4.78 is 5.41. The number of nitrogens with zero attached hydrogens (tertiary/aromatic N) is 2. The summed E-state index contributed by atoms with van der Waals surface area (Å²) in [7, 11) is 0. The Kier molecular flexibility index (Phi) is 6.54. The number of nitrogens with one attached hydrogen (secondary N) is 1. The van der Waals surface area contributed by atoms with Gasteiger partial charge >= 0.3 is 0 Å². The average molecular weight is 420 g/mol. The molecule has 2 aromatic rings. The number of carbonyl (C=O) groups is 2. The summed E-state index contributed by atoms with van der Waals surface area (Å²) in [6, 6.07) is 12.2. The Labute approximate surface area is 173 Å². The molecule has 8 heteroatoms. The van der Waals surface area contributed by atoms with E-state index >= 15 is 0 Å². The van der Waals surface area contributed by atoms with E-state index < -0.39 is 5.92 Å². The van der Waals surface area contributed by atoms with Gasteiger partial charge < -0.3 is 9.64 Å². The molecule has 1 N–H and O–H groups in total. The Morgan fingerprint density at radius 3 is 2.71 bits per heavy atom. The molecule has 0 radical (unpaired) electrons. The first-order valence-electron chi connectivity index (χ1n) is 8.79. The molecule has 1 aliphatic heterocycles. The molecule has 0 aliphatic carbocycles. The standard InChI is InChI=1S/C20H19Cl2N3O3/c1-2-28-17-7-5-16(6-8-17)25-12-14(9-19(25)26)20(27)24-23-11-13-3-4-15(21)10-18(13)22/h3-8,10-11,14H,2,9,12H2,1H3,(H,24,27)/b23-11-/t14-/m1/s1. The molecule has 0 bridgehead atoms. The van der Waals surface area contributed by atoms with Crippen molar-refractivity contribution in [3.8, 4) is 5.75 Å². The minimum Gasteiger partial charge on any atom is -0.494 e. The molecule has 0 unspecified atom stereocenters. The van der Waals surface area contributed by atoms with Crippen LogP contribution in [0.4, 0.5) is 5.69 Å². The highest BCUT2D eigenvalue weighted by Gasteiger charge is 2.35. The number of hydrogen-bond donors (Lipinski definition) is 1. The Balaban J connectivity index is 1.59. The van der Waals surface area contributed by atoms with Gasteiger partial charge in [0, 0.05) is 29.2 Å². The van der Waals surface area contributed by atoms with Crippen molar-refractivity contribution in [2.75, 3.05) is 18.1 Å². The third kappa shape index (κ3) is 4.82. The number of hydrazone groups is 1. The Morgan fingerprint density at radius 1 is 1.29 bits per heavy atom. The van der Waals surface area contributed by atoms with E-state index in [1.165, 1.54) is 6.21 Å². The highest BCUT2D eigenvalue weighted by atomic mass is 35.5. The summed E-state index contributed by atoms with van der Waals surface area (Å²) in [5.74, 6) is -0.156. The lowest BCUT2D eigenvalue weighted by molar-refractivity contribution is -0.126. The van der Waals surface area contributed by atoms with Crippen LogP contribution in [0.1, 0.15) is 18.9 Å². The van der Waals surface area contributed by atoms with Crippen LogP contribution in [0, 0.1) is 5.92 Å². The molecule has 3 rings (SSSR count). The summed E-state index contributed by atoms with van der Waals surface area (Å²) >= 11 is 11.9. The molecule has 1 aliphatic rings. The van der Waals surface area contributed by atoms with E-state index in [2.05, 4.69) is 10.5 Å². The van der Waals surface area contributed by atoms with E-state index in [0.717, 1.165) is 11.4 Å². The molecule has 0 spiro atoms. The van der Waals surface area contributed by atoms with Crippen molar-refractivity contribution in [2.45, 2.75) is 13.3 Å². The molecule has 28 heavy (non-hydrogen) atoms. The summed E-state index contributed by atoms with van der Waals surface area (Å²) in [4.78, 5) is 26.3. The van der Waals surface area contributed by atoms with E-state index in [0.29, 0.717) is 28.8 Å². The average Bonchev–Trinajstić information content (AvgIpc) is 3.06. The maximum atomic E-state index is 12.4. The number of benzene rings is 2. The van der Waals surface area contributed by atoms with Crippen molar-refractivity contribution in [2.24, 2.45) is 11.0 Å². The molecule has 2 amide bonds. The van der Waals surface area contributed by atoms with Crippen molar-refractivity contribution in [1.82, 2.24) is 5.43 Å². The highest BCUT2D eigenvalue weighted by Crippen LogP contribution is 2.27. The second-order valence-corrected chi connectivity index (χ2v) is 7.08. The largest absolute Gasteiger partial charge is 0.494 e. The fourth-order valence-electron chi connectivity index (χ4n) is 2.88. The zero-order valence-corrected chi connectivity index (χ0v) is 16.7. The minimum atomic E-state index is -0.475. The minimum absolute atomic E-state index is 0.103. The summed E-state index contributed by atoms with van der Waals surface area (Å²) in [6.45, 7) is 2.78. The number of ether oxygens (including phenoxy) is 1. The second kappa shape index (κ2) is 9.08. The highest BCUT2D eigenvalue weighted by molar-refractivity contribution is 6.36. The summed E-state index contributed by atoms with van der Waals surface area (Å²) in [6.07, 6.45) is 1.58. The van der Waals surface area contributed by atoms with Crippen molar-refractivity contribution in [1.29, 1.82) is 0 Å². The van der Waals surface area contributed by atoms with Gasteiger partial charge in [-0.2, -0.15) is 5.10 Å². The molecule has 1 fully saturated rings. The molecule has 1 atom stereocenters. The molecule has 1 heterocycles. The predicted octanol–water partition coefficient (Wildman–Crippen LogP) is 3.90. The second-order valence-electron chi connectivity index (χ2n) is 6.23. The van der Waals surface area contributed by atoms with E-state index in [9.17, 15) is 9.59 Å². The number of rotatable bonds is 6. The van der Waals surface area contributed by atoms with Crippen LogP contribution < -0.4 is 15.1 Å². The van der Waals surface area contributed by atoms with Gasteiger partial charge in [0.1, 0.15) is 5.75 Å². The van der Waals surface area contributed by atoms with Gasteiger partial charge in [0.05, 0.1) is 23.8 Å². The van der Waals surface area contributed by atoms with Gasteiger partial charge in [0.2, 0.25) is 11.8 Å². The predicted molar refractivity (Wildman–Crippen MR) is 110 cm³/mol. The van der Waals surface area contributed by atoms with Gasteiger partial charge in [-0.1, -0.05) is 29.3 Å². The lowest BCUT2D eigenvalue weighted by atomic mass is 10.1. The first-order valence-corrected chi connectivity index (χ1v) is 9.54. The van der Waals surface area contributed by atoms with E-state index in [1.807, 2.05) is 19.1 Å². The van der Waals surface area contributed by atoms with Gasteiger partial charge in [-0.15, -0.1) is 0 Å². The smallest absolute Gasteiger partial charge is 0.245 e. The van der Waals surface area contributed by atoms with Crippen molar-refractivity contribution in [3.63, 3.8) is 0 Å².